The molecule has 0 aliphatic heterocycles. The molecular formula is C23H19N3O5S. The van der Waals surface area contributed by atoms with Crippen LogP contribution >= 0.6 is 11.3 Å². The number of hydrogen-bond donors (Lipinski definition) is 1. The van der Waals surface area contributed by atoms with Crippen molar-refractivity contribution in [3.63, 3.8) is 0 Å². The number of methoxy groups -OCH3 is 1. The van der Waals surface area contributed by atoms with E-state index in [1.54, 1.807) is 30.4 Å². The molecule has 0 saturated carbocycles. The number of fused-ring (bicyclic) bond motifs is 1. The highest BCUT2D eigenvalue weighted by Crippen LogP contribution is 2.35. The van der Waals surface area contributed by atoms with Crippen LogP contribution in [0.5, 0.6) is 11.5 Å². The van der Waals surface area contributed by atoms with Gasteiger partial charge in [0.1, 0.15) is 10.6 Å². The maximum Gasteiger partial charge on any atom is 0.286 e. The zero-order valence-electron chi connectivity index (χ0n) is 17.3. The van der Waals surface area contributed by atoms with Gasteiger partial charge in [-0.1, -0.05) is 12.1 Å². The van der Waals surface area contributed by atoms with Crippen LogP contribution in [0.3, 0.4) is 0 Å². The van der Waals surface area contributed by atoms with Gasteiger partial charge >= 0.3 is 0 Å². The molecule has 0 spiro atoms. The quantitative estimate of drug-likeness (QED) is 0.294. The van der Waals surface area contributed by atoms with E-state index in [1.807, 2.05) is 36.4 Å². The third-order valence-electron chi connectivity index (χ3n) is 4.71. The van der Waals surface area contributed by atoms with Crippen molar-refractivity contribution in [1.29, 1.82) is 0 Å². The van der Waals surface area contributed by atoms with Gasteiger partial charge < -0.3 is 14.8 Å². The smallest absolute Gasteiger partial charge is 0.286 e. The van der Waals surface area contributed by atoms with Gasteiger partial charge in [0.15, 0.2) is 11.5 Å². The SMILES string of the molecule is CCOc1cc([N+](=O)[O-])c(C(=O)Nc2ccc(-c3nc4ccccc4s3)cc2)cc1OC. The van der Waals surface area contributed by atoms with Gasteiger partial charge in [0, 0.05) is 17.3 Å². The Morgan fingerprint density at radius 3 is 2.53 bits per heavy atom. The van der Waals surface area contributed by atoms with Gasteiger partial charge in [-0.25, -0.2) is 4.98 Å². The molecule has 4 aromatic rings. The minimum atomic E-state index is -0.620. The Labute approximate surface area is 187 Å². The van der Waals surface area contributed by atoms with Crippen LogP contribution in [0.2, 0.25) is 0 Å². The number of hydrogen-bond acceptors (Lipinski definition) is 7. The van der Waals surface area contributed by atoms with E-state index in [0.717, 1.165) is 20.8 Å². The van der Waals surface area contributed by atoms with Crippen molar-refractivity contribution in [3.8, 4) is 22.1 Å². The van der Waals surface area contributed by atoms with Crippen LogP contribution < -0.4 is 14.8 Å². The molecule has 0 unspecified atom stereocenters. The van der Waals surface area contributed by atoms with Gasteiger partial charge in [-0.2, -0.15) is 0 Å². The highest BCUT2D eigenvalue weighted by molar-refractivity contribution is 7.21. The summed E-state index contributed by atoms with van der Waals surface area (Å²) in [5, 5.41) is 15.1. The Bertz CT molecular complexity index is 1270. The molecular weight excluding hydrogens is 430 g/mol. The van der Waals surface area contributed by atoms with Crippen LogP contribution in [0.1, 0.15) is 17.3 Å². The summed E-state index contributed by atoms with van der Waals surface area (Å²) in [6.45, 7) is 2.06. The van der Waals surface area contributed by atoms with Crippen LogP contribution in [0.4, 0.5) is 11.4 Å². The van der Waals surface area contributed by atoms with Gasteiger partial charge in [-0.3, -0.25) is 14.9 Å². The summed E-state index contributed by atoms with van der Waals surface area (Å²) >= 11 is 1.58. The second-order valence-corrected chi connectivity index (χ2v) is 7.76. The van der Waals surface area contributed by atoms with Crippen molar-refractivity contribution in [1.82, 2.24) is 4.98 Å². The van der Waals surface area contributed by atoms with Crippen molar-refractivity contribution in [3.05, 3.63) is 76.3 Å². The number of carbonyl (C=O) groups is 1. The Balaban J connectivity index is 1.59. The summed E-state index contributed by atoms with van der Waals surface area (Å²) < 4.78 is 11.7. The molecule has 1 amide bonds. The largest absolute Gasteiger partial charge is 0.493 e. The Hall–Kier alpha value is -3.98. The van der Waals surface area contributed by atoms with Crippen LogP contribution in [0.25, 0.3) is 20.8 Å². The highest BCUT2D eigenvalue weighted by Gasteiger charge is 2.25. The standard InChI is InChI=1S/C23H19N3O5S/c1-3-31-20-13-18(26(28)29)16(12-19(20)30-2)22(27)24-15-10-8-14(9-11-15)23-25-17-6-4-5-7-21(17)32-23/h4-13H,3H2,1-2H3,(H,24,27). The van der Waals surface area contributed by atoms with Crippen LogP contribution in [-0.2, 0) is 0 Å². The number of carbonyl (C=O) groups excluding carboxylic acids is 1. The highest BCUT2D eigenvalue weighted by atomic mass is 32.1. The summed E-state index contributed by atoms with van der Waals surface area (Å²) in [4.78, 5) is 28.4. The molecule has 1 heterocycles. The van der Waals surface area contributed by atoms with Gasteiger partial charge in [-0.05, 0) is 43.3 Å². The number of aromatic nitrogens is 1. The number of para-hydroxylation sites is 1. The summed E-state index contributed by atoms with van der Waals surface area (Å²) in [5.74, 6) is -0.169. The van der Waals surface area contributed by atoms with Crippen molar-refractivity contribution >= 4 is 38.8 Å². The van der Waals surface area contributed by atoms with E-state index < -0.39 is 10.8 Å². The van der Waals surface area contributed by atoms with E-state index >= 15 is 0 Å². The molecule has 32 heavy (non-hydrogen) atoms. The minimum Gasteiger partial charge on any atom is -0.493 e. The van der Waals surface area contributed by atoms with Crippen molar-refractivity contribution in [2.45, 2.75) is 6.92 Å². The number of nitro groups is 1. The van der Waals surface area contributed by atoms with E-state index in [2.05, 4.69) is 10.3 Å². The summed E-state index contributed by atoms with van der Waals surface area (Å²) in [6, 6.07) is 17.6. The Kier molecular flexibility index (Phi) is 6.00. The second-order valence-electron chi connectivity index (χ2n) is 6.73. The second kappa shape index (κ2) is 9.03. The molecule has 0 atom stereocenters. The maximum atomic E-state index is 12.8. The van der Waals surface area contributed by atoms with Crippen LogP contribution in [-0.4, -0.2) is 29.5 Å². The van der Waals surface area contributed by atoms with Gasteiger partial charge in [0.25, 0.3) is 11.6 Å². The van der Waals surface area contributed by atoms with Crippen LogP contribution in [0, 0.1) is 10.1 Å². The zero-order valence-corrected chi connectivity index (χ0v) is 18.1. The molecule has 162 valence electrons. The van der Waals surface area contributed by atoms with Crippen molar-refractivity contribution in [2.24, 2.45) is 0 Å². The third kappa shape index (κ3) is 4.23. The number of ether oxygens (including phenoxy) is 2. The topological polar surface area (TPSA) is 104 Å². The predicted octanol–water partition coefficient (Wildman–Crippen LogP) is 5.53. The molecule has 0 saturated heterocycles. The fourth-order valence-corrected chi connectivity index (χ4v) is 4.17. The molecule has 1 N–H and O–H groups in total. The molecule has 0 aliphatic carbocycles. The number of nitrogens with zero attached hydrogens (tertiary/aromatic N) is 2. The van der Waals surface area contributed by atoms with E-state index in [1.165, 1.54) is 19.2 Å². The fraction of sp³-hybridized carbons (Fsp3) is 0.130. The number of benzene rings is 3. The molecule has 4 rings (SSSR count). The van der Waals surface area contributed by atoms with E-state index in [9.17, 15) is 14.9 Å². The lowest BCUT2D eigenvalue weighted by Crippen LogP contribution is -2.14. The first kappa shape index (κ1) is 21.3. The Morgan fingerprint density at radius 1 is 1.12 bits per heavy atom. The molecule has 0 fully saturated rings. The minimum absolute atomic E-state index is 0.120. The molecule has 0 radical (unpaired) electrons. The lowest BCUT2D eigenvalue weighted by Gasteiger charge is -2.12. The van der Waals surface area contributed by atoms with Gasteiger partial charge in [0.05, 0.1) is 34.9 Å². The number of nitro benzene ring substituents is 1. The molecule has 3 aromatic carbocycles. The monoisotopic (exact) mass is 449 g/mol. The zero-order chi connectivity index (χ0) is 22.7. The van der Waals surface area contributed by atoms with Crippen molar-refractivity contribution in [2.75, 3.05) is 19.0 Å². The van der Waals surface area contributed by atoms with E-state index in [-0.39, 0.29) is 22.7 Å². The van der Waals surface area contributed by atoms with Gasteiger partial charge in [0.2, 0.25) is 0 Å². The first-order valence-electron chi connectivity index (χ1n) is 9.76. The first-order chi connectivity index (χ1) is 15.5. The molecule has 0 aliphatic rings. The predicted molar refractivity (Wildman–Crippen MR) is 124 cm³/mol. The number of rotatable bonds is 7. The third-order valence-corrected chi connectivity index (χ3v) is 5.79. The summed E-state index contributed by atoms with van der Waals surface area (Å²) in [5.41, 5.74) is 1.87. The summed E-state index contributed by atoms with van der Waals surface area (Å²) in [6.07, 6.45) is 0. The number of nitrogens with one attached hydrogen (secondary N) is 1. The molecule has 1 aromatic heterocycles. The van der Waals surface area contributed by atoms with E-state index in [4.69, 9.17) is 9.47 Å². The Morgan fingerprint density at radius 2 is 1.88 bits per heavy atom. The number of anilines is 1. The number of amides is 1. The lowest BCUT2D eigenvalue weighted by molar-refractivity contribution is -0.385. The van der Waals surface area contributed by atoms with Crippen LogP contribution in [0.15, 0.2) is 60.7 Å². The van der Waals surface area contributed by atoms with Crippen molar-refractivity contribution < 1.29 is 19.2 Å². The number of thiazole rings is 1. The van der Waals surface area contributed by atoms with E-state index in [0.29, 0.717) is 12.3 Å². The normalized spacial score (nSPS) is 10.7. The first-order valence-corrected chi connectivity index (χ1v) is 10.6. The molecule has 0 bridgehead atoms. The molecule has 9 heteroatoms. The fourth-order valence-electron chi connectivity index (χ4n) is 3.20. The van der Waals surface area contributed by atoms with Gasteiger partial charge in [-0.15, -0.1) is 11.3 Å². The maximum absolute atomic E-state index is 12.8. The summed E-state index contributed by atoms with van der Waals surface area (Å²) in [7, 11) is 1.41. The lowest BCUT2D eigenvalue weighted by atomic mass is 10.1. The average Bonchev–Trinajstić information content (AvgIpc) is 3.23. The average molecular weight is 449 g/mol. The molecule has 8 nitrogen and oxygen atoms in total.